The minimum atomic E-state index is 0.123. The van der Waals surface area contributed by atoms with E-state index in [0.29, 0.717) is 25.3 Å². The molecule has 1 saturated heterocycles. The number of amides is 2. The van der Waals surface area contributed by atoms with E-state index < -0.39 is 0 Å². The van der Waals surface area contributed by atoms with Crippen molar-refractivity contribution in [3.05, 3.63) is 0 Å². The number of nitrogens with zero attached hydrogens (tertiary/aromatic N) is 1. The van der Waals surface area contributed by atoms with Gasteiger partial charge in [-0.3, -0.25) is 9.59 Å². The third kappa shape index (κ3) is 5.71. The Morgan fingerprint density at radius 3 is 2.35 bits per heavy atom. The number of carbonyl (C=O) groups is 2. The number of likely N-dealkylation sites (tertiary alicyclic amines) is 1. The maximum atomic E-state index is 11.7. The fraction of sp³-hybridized carbons (Fsp3) is 0.846. The maximum absolute atomic E-state index is 11.7. The van der Waals surface area contributed by atoms with Gasteiger partial charge in [0.25, 0.3) is 0 Å². The van der Waals surface area contributed by atoms with Crippen LogP contribution in [0.3, 0.4) is 0 Å². The molecule has 1 aliphatic rings. The van der Waals surface area contributed by atoms with Crippen LogP contribution in [0.5, 0.6) is 0 Å². The van der Waals surface area contributed by atoms with E-state index in [0.717, 1.165) is 45.2 Å². The Hall–Kier alpha value is -1.06. The molecule has 98 valence electrons. The van der Waals surface area contributed by atoms with Crippen LogP contribution < -0.4 is 5.32 Å². The molecule has 2 amide bonds. The predicted octanol–water partition coefficient (Wildman–Crippen LogP) is 1.70. The third-order valence-corrected chi connectivity index (χ3v) is 3.13. The first-order valence-electron chi connectivity index (χ1n) is 6.78. The number of hydrogen-bond acceptors (Lipinski definition) is 2. The molecule has 1 aliphatic heterocycles. The van der Waals surface area contributed by atoms with Crippen LogP contribution in [0, 0.1) is 0 Å². The number of unbranched alkanes of at least 4 members (excludes halogenated alkanes) is 2. The van der Waals surface area contributed by atoms with E-state index in [9.17, 15) is 9.59 Å². The van der Waals surface area contributed by atoms with Crippen LogP contribution in [0.1, 0.15) is 51.9 Å². The van der Waals surface area contributed by atoms with E-state index in [1.807, 2.05) is 11.8 Å². The van der Waals surface area contributed by atoms with Crippen molar-refractivity contribution < 1.29 is 9.59 Å². The molecular formula is C13H24N2O2. The summed E-state index contributed by atoms with van der Waals surface area (Å²) in [5, 5.41) is 2.78. The van der Waals surface area contributed by atoms with Gasteiger partial charge in [0.2, 0.25) is 11.8 Å². The largest absolute Gasteiger partial charge is 0.356 e. The van der Waals surface area contributed by atoms with E-state index in [2.05, 4.69) is 5.32 Å². The summed E-state index contributed by atoms with van der Waals surface area (Å²) < 4.78 is 0. The molecule has 0 spiro atoms. The van der Waals surface area contributed by atoms with Crippen molar-refractivity contribution in [2.45, 2.75) is 51.9 Å². The fourth-order valence-corrected chi connectivity index (χ4v) is 2.15. The highest BCUT2D eigenvalue weighted by Gasteiger charge is 2.16. The van der Waals surface area contributed by atoms with Gasteiger partial charge in [0, 0.05) is 32.5 Å². The van der Waals surface area contributed by atoms with E-state index >= 15 is 0 Å². The molecule has 0 radical (unpaired) electrons. The van der Waals surface area contributed by atoms with Gasteiger partial charge >= 0.3 is 0 Å². The van der Waals surface area contributed by atoms with Gasteiger partial charge in [0.15, 0.2) is 0 Å². The normalized spacial score (nSPS) is 15.0. The Morgan fingerprint density at radius 1 is 1.06 bits per heavy atom. The molecule has 0 bridgehead atoms. The molecule has 1 N–H and O–H groups in total. The Balaban J connectivity index is 1.96. The molecule has 0 aromatic carbocycles. The van der Waals surface area contributed by atoms with Crippen LogP contribution in [-0.4, -0.2) is 36.3 Å². The van der Waals surface area contributed by atoms with E-state index in [1.54, 1.807) is 0 Å². The number of carbonyl (C=O) groups excluding carboxylic acids is 2. The van der Waals surface area contributed by atoms with Crippen molar-refractivity contribution in [2.75, 3.05) is 19.6 Å². The first kappa shape index (κ1) is 14.0. The standard InChI is InChI=1S/C13H24N2O2/c1-2-14-12(16)8-4-3-5-9-13(17)15-10-6-7-11-15/h2-11H2,1H3,(H,14,16). The van der Waals surface area contributed by atoms with Gasteiger partial charge in [-0.15, -0.1) is 0 Å². The molecule has 0 aromatic heterocycles. The Bertz CT molecular complexity index is 248. The molecule has 1 heterocycles. The average Bonchev–Trinajstić information content (AvgIpc) is 2.82. The van der Waals surface area contributed by atoms with Crippen LogP contribution in [0.25, 0.3) is 0 Å². The molecule has 0 aliphatic carbocycles. The average molecular weight is 240 g/mol. The van der Waals surface area contributed by atoms with Crippen LogP contribution in [0.4, 0.5) is 0 Å². The monoisotopic (exact) mass is 240 g/mol. The number of hydrogen-bond donors (Lipinski definition) is 1. The molecular weight excluding hydrogens is 216 g/mol. The summed E-state index contributed by atoms with van der Waals surface area (Å²) in [4.78, 5) is 24.8. The summed E-state index contributed by atoms with van der Waals surface area (Å²) in [5.41, 5.74) is 0. The molecule has 4 nitrogen and oxygen atoms in total. The van der Waals surface area contributed by atoms with Crippen LogP contribution in [-0.2, 0) is 9.59 Å². The topological polar surface area (TPSA) is 49.4 Å². The molecule has 0 aromatic rings. The second-order valence-corrected chi connectivity index (χ2v) is 4.60. The first-order chi connectivity index (χ1) is 8.24. The lowest BCUT2D eigenvalue weighted by Gasteiger charge is -2.14. The van der Waals surface area contributed by atoms with Crippen LogP contribution >= 0.6 is 0 Å². The van der Waals surface area contributed by atoms with Crippen LogP contribution in [0.2, 0.25) is 0 Å². The van der Waals surface area contributed by atoms with E-state index in [1.165, 1.54) is 0 Å². The van der Waals surface area contributed by atoms with Crippen molar-refractivity contribution in [1.82, 2.24) is 10.2 Å². The summed E-state index contributed by atoms with van der Waals surface area (Å²) in [6.45, 7) is 4.51. The van der Waals surface area contributed by atoms with Gasteiger partial charge in [-0.25, -0.2) is 0 Å². The molecule has 1 rings (SSSR count). The van der Waals surface area contributed by atoms with Gasteiger partial charge in [-0.2, -0.15) is 0 Å². The van der Waals surface area contributed by atoms with Gasteiger partial charge in [-0.1, -0.05) is 6.42 Å². The van der Waals surface area contributed by atoms with Gasteiger partial charge in [0.1, 0.15) is 0 Å². The first-order valence-corrected chi connectivity index (χ1v) is 6.78. The van der Waals surface area contributed by atoms with Crippen molar-refractivity contribution in [2.24, 2.45) is 0 Å². The zero-order valence-corrected chi connectivity index (χ0v) is 10.8. The van der Waals surface area contributed by atoms with E-state index in [4.69, 9.17) is 0 Å². The van der Waals surface area contributed by atoms with Gasteiger partial charge in [-0.05, 0) is 32.6 Å². The highest BCUT2D eigenvalue weighted by molar-refractivity contribution is 5.76. The fourth-order valence-electron chi connectivity index (χ4n) is 2.15. The molecule has 17 heavy (non-hydrogen) atoms. The van der Waals surface area contributed by atoms with E-state index in [-0.39, 0.29) is 5.91 Å². The second kappa shape index (κ2) is 8.09. The maximum Gasteiger partial charge on any atom is 0.222 e. The second-order valence-electron chi connectivity index (χ2n) is 4.60. The Kier molecular flexibility index (Phi) is 6.67. The number of rotatable bonds is 7. The third-order valence-electron chi connectivity index (χ3n) is 3.13. The molecule has 1 fully saturated rings. The summed E-state index contributed by atoms with van der Waals surface area (Å²) in [6, 6.07) is 0. The zero-order chi connectivity index (χ0) is 12.5. The minimum absolute atomic E-state index is 0.123. The Labute approximate surface area is 104 Å². The summed E-state index contributed by atoms with van der Waals surface area (Å²) in [5.74, 6) is 0.416. The highest BCUT2D eigenvalue weighted by atomic mass is 16.2. The van der Waals surface area contributed by atoms with Crippen molar-refractivity contribution >= 4 is 11.8 Å². The number of nitrogens with one attached hydrogen (secondary N) is 1. The molecule has 0 unspecified atom stereocenters. The van der Waals surface area contributed by atoms with Gasteiger partial charge in [0.05, 0.1) is 0 Å². The van der Waals surface area contributed by atoms with Crippen LogP contribution in [0.15, 0.2) is 0 Å². The lowest BCUT2D eigenvalue weighted by Crippen LogP contribution is -2.27. The lowest BCUT2D eigenvalue weighted by molar-refractivity contribution is -0.130. The predicted molar refractivity (Wildman–Crippen MR) is 67.6 cm³/mol. The summed E-state index contributed by atoms with van der Waals surface area (Å²) in [7, 11) is 0. The molecule has 0 atom stereocenters. The Morgan fingerprint density at radius 2 is 1.71 bits per heavy atom. The smallest absolute Gasteiger partial charge is 0.222 e. The molecule has 4 heteroatoms. The summed E-state index contributed by atoms with van der Waals surface area (Å²) in [6.07, 6.45) is 6.32. The summed E-state index contributed by atoms with van der Waals surface area (Å²) >= 11 is 0. The van der Waals surface area contributed by atoms with Gasteiger partial charge < -0.3 is 10.2 Å². The minimum Gasteiger partial charge on any atom is -0.356 e. The quantitative estimate of drug-likeness (QED) is 0.688. The lowest BCUT2D eigenvalue weighted by atomic mass is 10.1. The van der Waals surface area contributed by atoms with Crippen molar-refractivity contribution in [3.63, 3.8) is 0 Å². The molecule has 0 saturated carbocycles. The van der Waals surface area contributed by atoms with Crippen molar-refractivity contribution in [3.8, 4) is 0 Å². The zero-order valence-electron chi connectivity index (χ0n) is 10.8. The SMILES string of the molecule is CCNC(=O)CCCCCC(=O)N1CCCC1. The van der Waals surface area contributed by atoms with Crippen molar-refractivity contribution in [1.29, 1.82) is 0 Å². The highest BCUT2D eigenvalue weighted by Crippen LogP contribution is 2.11.